The van der Waals surface area contributed by atoms with Gasteiger partial charge in [0.05, 0.1) is 0 Å². The maximum atomic E-state index is 13.2. The van der Waals surface area contributed by atoms with Crippen molar-refractivity contribution in [2.75, 3.05) is 12.4 Å². The molecule has 1 aromatic heterocycles. The fourth-order valence-corrected chi connectivity index (χ4v) is 1.55. The summed E-state index contributed by atoms with van der Waals surface area (Å²) in [4.78, 5) is 8.35. The summed E-state index contributed by atoms with van der Waals surface area (Å²) in [5, 5.41) is 11.8. The zero-order valence-corrected chi connectivity index (χ0v) is 10.0. The Bertz CT molecular complexity index is 631. The second-order valence-electron chi connectivity index (χ2n) is 3.79. The summed E-state index contributed by atoms with van der Waals surface area (Å²) in [7, 11) is 1.71. The number of anilines is 1. The number of hydrogen-bond donors (Lipinski definition) is 1. The van der Waals surface area contributed by atoms with Gasteiger partial charge in [-0.15, -0.1) is 0 Å². The third kappa shape index (κ3) is 2.28. The fraction of sp³-hybridized carbons (Fsp3) is 0.154. The maximum Gasteiger partial charge on any atom is 0.162 e. The van der Waals surface area contributed by atoms with Crippen LogP contribution in [0.4, 0.5) is 10.2 Å². The van der Waals surface area contributed by atoms with Crippen molar-refractivity contribution in [3.05, 3.63) is 41.3 Å². The van der Waals surface area contributed by atoms with Gasteiger partial charge in [0.1, 0.15) is 23.4 Å². The van der Waals surface area contributed by atoms with E-state index in [1.807, 2.05) is 6.07 Å². The minimum Gasteiger partial charge on any atom is -0.373 e. The molecule has 2 rings (SSSR count). The number of nitriles is 1. The maximum absolute atomic E-state index is 13.2. The molecule has 0 amide bonds. The molecular formula is C13H11FN4. The van der Waals surface area contributed by atoms with Crippen molar-refractivity contribution in [3.8, 4) is 17.5 Å². The van der Waals surface area contributed by atoms with E-state index >= 15 is 0 Å². The molecule has 0 spiro atoms. The molecule has 90 valence electrons. The number of aryl methyl sites for hydroxylation is 1. The van der Waals surface area contributed by atoms with Gasteiger partial charge in [-0.2, -0.15) is 5.26 Å². The number of hydrogen-bond acceptors (Lipinski definition) is 4. The van der Waals surface area contributed by atoms with E-state index in [-0.39, 0.29) is 11.5 Å². The number of nitrogens with zero attached hydrogens (tertiary/aromatic N) is 3. The van der Waals surface area contributed by atoms with Crippen LogP contribution in [0.25, 0.3) is 11.4 Å². The Morgan fingerprint density at radius 3 is 2.67 bits per heavy atom. The Hall–Kier alpha value is -2.48. The van der Waals surface area contributed by atoms with Crippen LogP contribution < -0.4 is 5.32 Å². The summed E-state index contributed by atoms with van der Waals surface area (Å²) in [5.41, 5.74) is 1.47. The van der Waals surface area contributed by atoms with E-state index in [1.54, 1.807) is 32.2 Å². The third-order valence-corrected chi connectivity index (χ3v) is 2.51. The van der Waals surface area contributed by atoms with Crippen LogP contribution in [0.3, 0.4) is 0 Å². The van der Waals surface area contributed by atoms with Gasteiger partial charge in [0.15, 0.2) is 5.82 Å². The monoisotopic (exact) mass is 242 g/mol. The molecule has 0 radical (unpaired) electrons. The van der Waals surface area contributed by atoms with Gasteiger partial charge >= 0.3 is 0 Å². The van der Waals surface area contributed by atoms with Crippen molar-refractivity contribution < 1.29 is 4.39 Å². The molecule has 0 bridgehead atoms. The summed E-state index contributed by atoms with van der Waals surface area (Å²) in [6, 6.07) is 8.15. The second kappa shape index (κ2) is 4.80. The Labute approximate surface area is 104 Å². The van der Waals surface area contributed by atoms with Crippen LogP contribution in [0.5, 0.6) is 0 Å². The van der Waals surface area contributed by atoms with E-state index in [1.165, 1.54) is 6.07 Å². The van der Waals surface area contributed by atoms with Gasteiger partial charge in [-0.25, -0.2) is 14.4 Å². The number of rotatable bonds is 2. The van der Waals surface area contributed by atoms with Crippen LogP contribution in [-0.2, 0) is 0 Å². The molecule has 2 aromatic rings. The summed E-state index contributed by atoms with van der Waals surface area (Å²) in [6.45, 7) is 1.67. The van der Waals surface area contributed by atoms with E-state index in [2.05, 4.69) is 15.3 Å². The molecule has 0 aliphatic rings. The molecule has 5 heteroatoms. The largest absolute Gasteiger partial charge is 0.373 e. The first-order valence-electron chi connectivity index (χ1n) is 5.37. The molecule has 0 unspecified atom stereocenters. The molecule has 4 nitrogen and oxygen atoms in total. The van der Waals surface area contributed by atoms with Crippen LogP contribution in [0.2, 0.25) is 0 Å². The summed E-state index contributed by atoms with van der Waals surface area (Å²) in [5.74, 6) is 0.684. The minimum atomic E-state index is -0.274. The molecule has 0 atom stereocenters. The third-order valence-electron chi connectivity index (χ3n) is 2.51. The molecule has 0 fully saturated rings. The van der Waals surface area contributed by atoms with Crippen molar-refractivity contribution in [2.45, 2.75) is 6.92 Å². The van der Waals surface area contributed by atoms with Crippen LogP contribution in [0.15, 0.2) is 24.3 Å². The van der Waals surface area contributed by atoms with E-state index < -0.39 is 0 Å². The molecule has 0 saturated heterocycles. The van der Waals surface area contributed by atoms with Gasteiger partial charge in [0.25, 0.3) is 0 Å². The van der Waals surface area contributed by atoms with Gasteiger partial charge in [-0.05, 0) is 30.7 Å². The average molecular weight is 242 g/mol. The van der Waals surface area contributed by atoms with Gasteiger partial charge < -0.3 is 5.32 Å². The van der Waals surface area contributed by atoms with Crippen molar-refractivity contribution in [1.82, 2.24) is 9.97 Å². The van der Waals surface area contributed by atoms with Crippen molar-refractivity contribution >= 4 is 5.82 Å². The first-order valence-corrected chi connectivity index (χ1v) is 5.37. The number of benzene rings is 1. The summed E-state index contributed by atoms with van der Waals surface area (Å²) < 4.78 is 13.2. The first kappa shape index (κ1) is 12.0. The Morgan fingerprint density at radius 2 is 2.06 bits per heavy atom. The van der Waals surface area contributed by atoms with Crippen LogP contribution in [0.1, 0.15) is 11.3 Å². The minimum absolute atomic E-state index is 0.270. The van der Waals surface area contributed by atoms with E-state index in [4.69, 9.17) is 5.26 Å². The van der Waals surface area contributed by atoms with Gasteiger partial charge in [0.2, 0.25) is 0 Å². The molecule has 1 N–H and O–H groups in total. The molecular weight excluding hydrogens is 231 g/mol. The van der Waals surface area contributed by atoms with Crippen molar-refractivity contribution in [1.29, 1.82) is 5.26 Å². The molecule has 0 aliphatic heterocycles. The predicted molar refractivity (Wildman–Crippen MR) is 66.4 cm³/mol. The second-order valence-corrected chi connectivity index (χ2v) is 3.79. The number of aromatic nitrogens is 2. The quantitative estimate of drug-likeness (QED) is 0.878. The van der Waals surface area contributed by atoms with Gasteiger partial charge in [-0.3, -0.25) is 0 Å². The lowest BCUT2D eigenvalue weighted by Gasteiger charge is -2.05. The van der Waals surface area contributed by atoms with Gasteiger partial charge in [-0.1, -0.05) is 0 Å². The van der Waals surface area contributed by atoms with Gasteiger partial charge in [0, 0.05) is 18.7 Å². The molecule has 0 saturated carbocycles. The normalized spacial score (nSPS) is 9.89. The Kier molecular flexibility index (Phi) is 3.20. The smallest absolute Gasteiger partial charge is 0.162 e. The molecule has 1 heterocycles. The zero-order valence-electron chi connectivity index (χ0n) is 10.0. The first-order chi connectivity index (χ1) is 8.63. The topological polar surface area (TPSA) is 61.6 Å². The lowest BCUT2D eigenvalue weighted by Crippen LogP contribution is -1.99. The van der Waals surface area contributed by atoms with Crippen molar-refractivity contribution in [2.24, 2.45) is 0 Å². The Balaban J connectivity index is 2.56. The van der Waals surface area contributed by atoms with Crippen molar-refractivity contribution in [3.63, 3.8) is 0 Å². The highest BCUT2D eigenvalue weighted by atomic mass is 19.1. The number of halogens is 1. The van der Waals surface area contributed by atoms with E-state index in [0.717, 1.165) is 0 Å². The van der Waals surface area contributed by atoms with Crippen LogP contribution in [0, 0.1) is 24.1 Å². The highest BCUT2D eigenvalue weighted by Gasteiger charge is 2.07. The Morgan fingerprint density at radius 1 is 1.28 bits per heavy atom. The summed E-state index contributed by atoms with van der Waals surface area (Å²) >= 11 is 0. The van der Waals surface area contributed by atoms with Crippen LogP contribution in [-0.4, -0.2) is 17.0 Å². The highest BCUT2D eigenvalue weighted by Crippen LogP contribution is 2.20. The fourth-order valence-electron chi connectivity index (χ4n) is 1.55. The molecule has 0 aliphatic carbocycles. The predicted octanol–water partition coefficient (Wildman–Crippen LogP) is 2.50. The van der Waals surface area contributed by atoms with Crippen LogP contribution >= 0.6 is 0 Å². The lowest BCUT2D eigenvalue weighted by molar-refractivity contribution is 0.618. The average Bonchev–Trinajstić information content (AvgIpc) is 2.41. The van der Waals surface area contributed by atoms with E-state index in [9.17, 15) is 4.39 Å². The standard InChI is InChI=1S/C13H11FN4/c1-8-5-9(3-4-11(8)14)13-17-10(7-15)6-12(16-2)18-13/h3-6H,1-2H3,(H,16,17,18). The lowest BCUT2D eigenvalue weighted by atomic mass is 10.1. The van der Waals surface area contributed by atoms with E-state index in [0.29, 0.717) is 22.8 Å². The SMILES string of the molecule is CNc1cc(C#N)nc(-c2ccc(F)c(C)c2)n1. The number of nitrogens with one attached hydrogen (secondary N) is 1. The zero-order chi connectivity index (χ0) is 13.1. The summed E-state index contributed by atoms with van der Waals surface area (Å²) in [6.07, 6.45) is 0. The molecule has 1 aromatic carbocycles. The molecule has 18 heavy (non-hydrogen) atoms. The highest BCUT2D eigenvalue weighted by molar-refractivity contribution is 5.59.